The lowest BCUT2D eigenvalue weighted by molar-refractivity contribution is -0.156. The molecular weight excluding hydrogens is 683 g/mol. The number of halogens is 4. The molecule has 1 aliphatic carbocycles. The van der Waals surface area contributed by atoms with Crippen molar-refractivity contribution in [3.05, 3.63) is 34.7 Å². The highest BCUT2D eigenvalue weighted by molar-refractivity contribution is 7.52. The molecule has 4 amide bonds. The predicted molar refractivity (Wildman–Crippen MR) is 161 cm³/mol. The van der Waals surface area contributed by atoms with Crippen molar-refractivity contribution in [2.75, 3.05) is 39.4 Å². The Morgan fingerprint density at radius 3 is 2.38 bits per heavy atom. The van der Waals surface area contributed by atoms with E-state index in [0.29, 0.717) is 37.4 Å². The smallest absolute Gasteiger partial charge is 0.378 e. The van der Waals surface area contributed by atoms with Crippen molar-refractivity contribution < 1.29 is 55.8 Å². The maximum atomic E-state index is 14.9. The van der Waals surface area contributed by atoms with Crippen molar-refractivity contribution in [3.63, 3.8) is 0 Å². The Labute approximate surface area is 275 Å². The highest BCUT2D eigenvalue weighted by Crippen LogP contribution is 2.62. The lowest BCUT2D eigenvalue weighted by atomic mass is 9.96. The molecule has 4 aliphatic heterocycles. The zero-order valence-electron chi connectivity index (χ0n) is 25.4. The summed E-state index contributed by atoms with van der Waals surface area (Å²) in [6.07, 6.45) is 0.277. The quantitative estimate of drug-likeness (QED) is 0.305. The first-order valence-corrected chi connectivity index (χ1v) is 18.1. The van der Waals surface area contributed by atoms with Gasteiger partial charge in [-0.25, -0.2) is 8.78 Å². The normalized spacial score (nSPS) is 29.1. The number of carbonyl (C=O) groups is 4. The number of fused-ring (bicyclic) bond motifs is 3. The number of hydrogen-bond donors (Lipinski definition) is 3. The predicted octanol–water partition coefficient (Wildman–Crippen LogP) is 2.58. The van der Waals surface area contributed by atoms with Gasteiger partial charge in [0.05, 0.1) is 24.0 Å². The van der Waals surface area contributed by atoms with Gasteiger partial charge in [0.15, 0.2) is 0 Å². The van der Waals surface area contributed by atoms with Crippen LogP contribution in [0, 0.1) is 17.8 Å². The van der Waals surface area contributed by atoms with Crippen LogP contribution in [0.15, 0.2) is 24.3 Å². The third kappa shape index (κ3) is 5.60. The number of alkyl halides is 4. The minimum atomic E-state index is -5.83. The van der Waals surface area contributed by atoms with Crippen molar-refractivity contribution in [1.29, 1.82) is 0 Å². The number of nitrogens with one attached hydrogen (secondary N) is 1. The number of nitrogens with zero attached hydrogens (tertiary/aromatic N) is 3. The number of benzene rings is 1. The van der Waals surface area contributed by atoms with Gasteiger partial charge < -0.3 is 34.5 Å². The molecule has 260 valence electrons. The lowest BCUT2D eigenvalue weighted by Crippen LogP contribution is -2.62. The first kappa shape index (κ1) is 33.4. The minimum absolute atomic E-state index is 0.0298. The number of thiophene rings is 1. The minimum Gasteiger partial charge on any atom is -0.378 e. The zero-order valence-corrected chi connectivity index (χ0v) is 27.1. The van der Waals surface area contributed by atoms with E-state index < -0.39 is 66.5 Å². The van der Waals surface area contributed by atoms with Crippen molar-refractivity contribution in [2.45, 2.75) is 55.4 Å². The van der Waals surface area contributed by atoms with Gasteiger partial charge in [0.2, 0.25) is 17.7 Å². The molecule has 2 aromatic rings. The molecule has 1 aromatic carbocycles. The van der Waals surface area contributed by atoms with Gasteiger partial charge >= 0.3 is 13.3 Å². The number of likely N-dealkylation sites (tertiary alicyclic amines) is 1. The van der Waals surface area contributed by atoms with Crippen LogP contribution < -0.4 is 5.32 Å². The third-order valence-corrected chi connectivity index (χ3v) is 12.4. The van der Waals surface area contributed by atoms with Crippen molar-refractivity contribution in [2.24, 2.45) is 17.8 Å². The monoisotopic (exact) mass is 716 g/mol. The Kier molecular flexibility index (Phi) is 8.17. The van der Waals surface area contributed by atoms with Gasteiger partial charge in [-0.05, 0) is 49.3 Å². The average molecular weight is 717 g/mol. The average Bonchev–Trinajstić information content (AvgIpc) is 3.38. The van der Waals surface area contributed by atoms with Crippen LogP contribution in [0.25, 0.3) is 10.1 Å². The summed E-state index contributed by atoms with van der Waals surface area (Å²) in [6, 6.07) is 1.17. The standard InChI is InChI=1S/C30H33F4N4O8PS/c31-29(32)19-11-18-2-3-22(28(42)37-13-16(14-37)26(40)36-5-7-46-8-6-36)38(18)27(41)21(12-20(19)29)35-25(39)24-10-15-9-17(1-4-23(15)48-24)30(33,34)47(43,44)45/h1,4,9-10,16,18-22H,2-3,5-8,11-14H2,(H,35,39)(H2,43,44,45)/t18-,19-,20+,21+,22+/m1/s1. The van der Waals surface area contributed by atoms with Gasteiger partial charge in [-0.2, -0.15) is 8.78 Å². The molecule has 0 unspecified atom stereocenters. The molecular formula is C30H33F4N4O8PS. The van der Waals surface area contributed by atoms with Gasteiger partial charge in [-0.15, -0.1) is 11.3 Å². The van der Waals surface area contributed by atoms with E-state index in [4.69, 9.17) is 14.5 Å². The van der Waals surface area contributed by atoms with Gasteiger partial charge in [-0.1, -0.05) is 6.07 Å². The molecule has 18 heteroatoms. The maximum Gasteiger partial charge on any atom is 0.399 e. The summed E-state index contributed by atoms with van der Waals surface area (Å²) in [5.74, 6) is -7.45. The number of ether oxygens (including phenoxy) is 1. The van der Waals surface area contributed by atoms with Crippen LogP contribution in [0.3, 0.4) is 0 Å². The molecule has 5 aliphatic rings. The molecule has 1 aromatic heterocycles. The second kappa shape index (κ2) is 11.8. The van der Waals surface area contributed by atoms with Crippen LogP contribution in [-0.4, -0.2) is 112 Å². The van der Waals surface area contributed by atoms with E-state index in [1.54, 1.807) is 4.90 Å². The summed E-state index contributed by atoms with van der Waals surface area (Å²) < 4.78 is 75.3. The second-order valence-electron chi connectivity index (χ2n) is 13.2. The molecule has 12 nitrogen and oxygen atoms in total. The Morgan fingerprint density at radius 1 is 1.00 bits per heavy atom. The topological polar surface area (TPSA) is 157 Å². The van der Waals surface area contributed by atoms with E-state index in [2.05, 4.69) is 5.32 Å². The van der Waals surface area contributed by atoms with E-state index in [0.717, 1.165) is 23.5 Å². The number of carbonyl (C=O) groups excluding carboxylic acids is 4. The largest absolute Gasteiger partial charge is 0.399 e. The van der Waals surface area contributed by atoms with Crippen LogP contribution in [0.1, 0.15) is 40.9 Å². The van der Waals surface area contributed by atoms with Crippen LogP contribution in [0.4, 0.5) is 17.6 Å². The molecule has 7 rings (SSSR count). The van der Waals surface area contributed by atoms with Crippen LogP contribution >= 0.6 is 18.9 Å². The molecule has 0 radical (unpaired) electrons. The van der Waals surface area contributed by atoms with E-state index in [9.17, 15) is 41.3 Å². The van der Waals surface area contributed by atoms with Gasteiger partial charge in [0.25, 0.3) is 11.8 Å². The molecule has 4 saturated heterocycles. The number of amides is 4. The van der Waals surface area contributed by atoms with E-state index >= 15 is 0 Å². The Hall–Kier alpha value is -3.11. The summed E-state index contributed by atoms with van der Waals surface area (Å²) in [7, 11) is -5.83. The van der Waals surface area contributed by atoms with Gasteiger partial charge in [0.1, 0.15) is 12.1 Å². The summed E-state index contributed by atoms with van der Waals surface area (Å²) in [4.78, 5) is 76.6. The molecule has 48 heavy (non-hydrogen) atoms. The van der Waals surface area contributed by atoms with Gasteiger partial charge in [0, 0.05) is 54.3 Å². The SMILES string of the molecule is O=C(N[C@H]1C[C@H]2[C@@H](C[C@H]3CC[C@@H](C(=O)N4CC(C(=O)N5CCOCC5)C4)N3C1=O)C2(F)F)c1cc2cc(C(F)(F)P(=O)(O)O)ccc2s1. The van der Waals surface area contributed by atoms with Crippen LogP contribution in [-0.2, 0) is 29.3 Å². The van der Waals surface area contributed by atoms with Crippen molar-refractivity contribution in [3.8, 4) is 0 Å². The number of morpholine rings is 1. The number of hydrogen-bond acceptors (Lipinski definition) is 7. The second-order valence-corrected chi connectivity index (χ2v) is 15.9. The molecule has 5 heterocycles. The fourth-order valence-corrected chi connectivity index (χ4v) is 8.97. The first-order valence-electron chi connectivity index (χ1n) is 15.7. The summed E-state index contributed by atoms with van der Waals surface area (Å²) in [5, 5.41) is 2.65. The molecule has 5 fully saturated rings. The summed E-state index contributed by atoms with van der Waals surface area (Å²) in [6.45, 7) is 2.23. The maximum absolute atomic E-state index is 14.9. The lowest BCUT2D eigenvalue weighted by Gasteiger charge is -2.44. The number of rotatable bonds is 6. The highest BCUT2D eigenvalue weighted by atomic mass is 32.1. The van der Waals surface area contributed by atoms with E-state index in [1.165, 1.54) is 21.9 Å². The fraction of sp³-hybridized carbons (Fsp3) is 0.600. The fourth-order valence-electron chi connectivity index (χ4n) is 7.55. The van der Waals surface area contributed by atoms with Crippen molar-refractivity contribution >= 4 is 52.6 Å². The van der Waals surface area contributed by atoms with Crippen LogP contribution in [0.2, 0.25) is 0 Å². The third-order valence-electron chi connectivity index (χ3n) is 10.3. The Bertz CT molecular complexity index is 1730. The molecule has 1 saturated carbocycles. The molecule has 0 spiro atoms. The zero-order chi connectivity index (χ0) is 34.3. The summed E-state index contributed by atoms with van der Waals surface area (Å²) >= 11 is 0.872. The highest BCUT2D eigenvalue weighted by Gasteiger charge is 2.70. The first-order chi connectivity index (χ1) is 22.6. The Balaban J connectivity index is 1.08. The molecule has 3 N–H and O–H groups in total. The Morgan fingerprint density at radius 2 is 1.69 bits per heavy atom. The van der Waals surface area contributed by atoms with E-state index in [-0.39, 0.29) is 60.3 Å². The van der Waals surface area contributed by atoms with E-state index in [1.807, 2.05) is 0 Å². The van der Waals surface area contributed by atoms with Gasteiger partial charge in [-0.3, -0.25) is 23.7 Å². The van der Waals surface area contributed by atoms with Crippen molar-refractivity contribution in [1.82, 2.24) is 20.0 Å². The summed E-state index contributed by atoms with van der Waals surface area (Å²) in [5.41, 5.74) is -5.40. The molecule has 5 atom stereocenters. The molecule has 0 bridgehead atoms. The van der Waals surface area contributed by atoms with Crippen LogP contribution in [0.5, 0.6) is 0 Å².